The lowest BCUT2D eigenvalue weighted by Gasteiger charge is -2.25. The van der Waals surface area contributed by atoms with Crippen molar-refractivity contribution in [3.63, 3.8) is 0 Å². The highest BCUT2D eigenvalue weighted by Gasteiger charge is 2.56. The van der Waals surface area contributed by atoms with Gasteiger partial charge in [-0.2, -0.15) is 23.5 Å². The van der Waals surface area contributed by atoms with Crippen molar-refractivity contribution >= 4 is 22.4 Å². The zero-order chi connectivity index (χ0) is 22.7. The minimum Gasteiger partial charge on any atom is -0.380 e. The van der Waals surface area contributed by atoms with Crippen molar-refractivity contribution in [2.45, 2.75) is 49.9 Å². The summed E-state index contributed by atoms with van der Waals surface area (Å²) in [6.07, 6.45) is -1.96. The zero-order valence-corrected chi connectivity index (χ0v) is 16.9. The number of halogens is 3. The minimum absolute atomic E-state index is 0.151. The van der Waals surface area contributed by atoms with Gasteiger partial charge in [0.25, 0.3) is 5.56 Å². The molecule has 2 heterocycles. The molecule has 0 bridgehead atoms. The van der Waals surface area contributed by atoms with Gasteiger partial charge in [-0.15, -0.1) is 0 Å². The van der Waals surface area contributed by atoms with Gasteiger partial charge in [0.1, 0.15) is 5.39 Å². The van der Waals surface area contributed by atoms with Gasteiger partial charge in [-0.3, -0.25) is 9.48 Å². The topological polar surface area (TPSA) is 107 Å². The number of hydrogen-bond acceptors (Lipinski definition) is 5. The molecule has 166 valence electrons. The van der Waals surface area contributed by atoms with E-state index in [2.05, 4.69) is 21.5 Å². The van der Waals surface area contributed by atoms with Crippen LogP contribution in [0.2, 0.25) is 0 Å². The fraction of sp³-hybridized carbons (Fsp3) is 0.409. The first-order valence-electron chi connectivity index (χ1n) is 10.3. The third kappa shape index (κ3) is 3.33. The van der Waals surface area contributed by atoms with Crippen LogP contribution in [-0.4, -0.2) is 31.6 Å². The SMILES string of the molecule is N#CCC(C1CC1)n1nc(Nc2ccc3c(c2)C[C@](O)(C(F)(F)F)C3)c2c(=O)[nH]ccc21. The number of nitrogens with one attached hydrogen (secondary N) is 2. The summed E-state index contributed by atoms with van der Waals surface area (Å²) in [5.41, 5.74) is -1.23. The van der Waals surface area contributed by atoms with Crippen molar-refractivity contribution < 1.29 is 18.3 Å². The Hall–Kier alpha value is -3.32. The molecule has 0 radical (unpaired) electrons. The Labute approximate surface area is 180 Å². The van der Waals surface area contributed by atoms with E-state index in [4.69, 9.17) is 0 Å². The van der Waals surface area contributed by atoms with Crippen molar-refractivity contribution in [2.24, 2.45) is 5.92 Å². The molecule has 1 unspecified atom stereocenters. The molecule has 0 saturated heterocycles. The smallest absolute Gasteiger partial charge is 0.380 e. The molecule has 2 aliphatic rings. The van der Waals surface area contributed by atoms with Crippen molar-refractivity contribution in [3.8, 4) is 6.07 Å². The van der Waals surface area contributed by atoms with E-state index in [1.807, 2.05) is 0 Å². The maximum Gasteiger partial charge on any atom is 0.417 e. The molecule has 1 fully saturated rings. The number of aromatic amines is 1. The number of hydrogen-bond donors (Lipinski definition) is 3. The van der Waals surface area contributed by atoms with Gasteiger partial charge in [-0.25, -0.2) is 0 Å². The standard InChI is InChI=1S/C22H20F3N5O2/c23-22(24,25)21(32)10-13-3-4-15(9-14(13)11-21)28-19-18-17(6-8-27-20(18)31)30(29-19)16(5-7-26)12-1-2-12/h3-4,6,8-9,12,16,32H,1-2,5,10-11H2,(H,27,31)(H,28,29)/t16?,21-/m0/s1. The average molecular weight is 443 g/mol. The number of pyridine rings is 1. The van der Waals surface area contributed by atoms with Crippen LogP contribution in [0, 0.1) is 17.2 Å². The van der Waals surface area contributed by atoms with Gasteiger partial charge in [0, 0.05) is 24.7 Å². The number of rotatable bonds is 5. The molecule has 10 heteroatoms. The quantitative estimate of drug-likeness (QED) is 0.557. The van der Waals surface area contributed by atoms with Crippen LogP contribution >= 0.6 is 0 Å². The molecule has 2 aliphatic carbocycles. The molecule has 1 saturated carbocycles. The van der Waals surface area contributed by atoms with E-state index < -0.39 is 24.6 Å². The molecule has 3 N–H and O–H groups in total. The van der Waals surface area contributed by atoms with Gasteiger partial charge in [-0.05, 0) is 48.1 Å². The molecule has 5 rings (SSSR count). The van der Waals surface area contributed by atoms with Gasteiger partial charge < -0.3 is 15.4 Å². The van der Waals surface area contributed by atoms with E-state index in [1.165, 1.54) is 6.20 Å². The lowest BCUT2D eigenvalue weighted by molar-refractivity contribution is -0.255. The summed E-state index contributed by atoms with van der Waals surface area (Å²) in [5.74, 6) is 0.597. The Balaban J connectivity index is 1.52. The molecule has 0 aliphatic heterocycles. The van der Waals surface area contributed by atoms with E-state index >= 15 is 0 Å². The molecule has 2 aromatic heterocycles. The van der Waals surface area contributed by atoms with Crippen molar-refractivity contribution in [1.82, 2.24) is 14.8 Å². The van der Waals surface area contributed by atoms with Gasteiger partial charge >= 0.3 is 6.18 Å². The number of alkyl halides is 3. The van der Waals surface area contributed by atoms with E-state index in [-0.39, 0.29) is 23.8 Å². The average Bonchev–Trinajstić information content (AvgIpc) is 3.41. The summed E-state index contributed by atoms with van der Waals surface area (Å²) in [6.45, 7) is 0. The Morgan fingerprint density at radius 2 is 2.06 bits per heavy atom. The summed E-state index contributed by atoms with van der Waals surface area (Å²) in [6, 6.07) is 8.48. The Bertz CT molecular complexity index is 1300. The highest BCUT2D eigenvalue weighted by atomic mass is 19.4. The summed E-state index contributed by atoms with van der Waals surface area (Å²) >= 11 is 0. The molecule has 1 aromatic carbocycles. The first-order chi connectivity index (χ1) is 15.2. The largest absolute Gasteiger partial charge is 0.417 e. The molecule has 0 amide bonds. The number of H-pyrrole nitrogens is 1. The van der Waals surface area contributed by atoms with Crippen LogP contribution in [0.15, 0.2) is 35.3 Å². The van der Waals surface area contributed by atoms with Gasteiger partial charge in [0.05, 0.1) is 24.0 Å². The second kappa shape index (κ2) is 7.10. The van der Waals surface area contributed by atoms with E-state index in [0.717, 1.165) is 12.8 Å². The molecular formula is C22H20F3N5O2. The number of nitriles is 1. The maximum atomic E-state index is 13.2. The van der Waals surface area contributed by atoms with E-state index in [1.54, 1.807) is 28.9 Å². The maximum absolute atomic E-state index is 13.2. The number of aromatic nitrogens is 3. The summed E-state index contributed by atoms with van der Waals surface area (Å²) < 4.78 is 41.5. The first-order valence-corrected chi connectivity index (χ1v) is 10.3. The van der Waals surface area contributed by atoms with Gasteiger partial charge in [0.15, 0.2) is 11.4 Å². The Morgan fingerprint density at radius 3 is 2.75 bits per heavy atom. The molecular weight excluding hydrogens is 423 g/mol. The van der Waals surface area contributed by atoms with Gasteiger partial charge in [0.2, 0.25) is 0 Å². The van der Waals surface area contributed by atoms with Crippen LogP contribution in [0.3, 0.4) is 0 Å². The molecule has 7 nitrogen and oxygen atoms in total. The predicted molar refractivity (Wildman–Crippen MR) is 110 cm³/mol. The molecule has 0 spiro atoms. The zero-order valence-electron chi connectivity index (χ0n) is 16.9. The molecule has 3 aromatic rings. The van der Waals surface area contributed by atoms with Crippen molar-refractivity contribution in [2.75, 3.05) is 5.32 Å². The second-order valence-electron chi connectivity index (χ2n) is 8.62. The molecule has 2 atom stereocenters. The number of fused-ring (bicyclic) bond motifs is 2. The third-order valence-corrected chi connectivity index (χ3v) is 6.37. The number of anilines is 2. The highest BCUT2D eigenvalue weighted by molar-refractivity contribution is 5.91. The highest BCUT2D eigenvalue weighted by Crippen LogP contribution is 2.44. The Kier molecular flexibility index (Phi) is 4.57. The number of benzene rings is 1. The van der Waals surface area contributed by atoms with Crippen LogP contribution in [0.25, 0.3) is 10.9 Å². The summed E-state index contributed by atoms with van der Waals surface area (Å²) in [4.78, 5) is 15.2. The van der Waals surface area contributed by atoms with Crippen molar-refractivity contribution in [1.29, 1.82) is 5.26 Å². The predicted octanol–water partition coefficient (Wildman–Crippen LogP) is 3.72. The third-order valence-electron chi connectivity index (χ3n) is 6.37. The van der Waals surface area contributed by atoms with Crippen LogP contribution in [0.5, 0.6) is 0 Å². The minimum atomic E-state index is -4.72. The van der Waals surface area contributed by atoms with Crippen LogP contribution in [0.1, 0.15) is 36.4 Å². The number of nitrogens with zero attached hydrogens (tertiary/aromatic N) is 3. The van der Waals surface area contributed by atoms with E-state index in [9.17, 15) is 28.3 Å². The number of aliphatic hydroxyl groups is 1. The fourth-order valence-electron chi connectivity index (χ4n) is 4.54. The summed E-state index contributed by atoms with van der Waals surface area (Å²) in [5, 5.41) is 27.3. The fourth-order valence-corrected chi connectivity index (χ4v) is 4.54. The second-order valence-corrected chi connectivity index (χ2v) is 8.62. The van der Waals surface area contributed by atoms with Gasteiger partial charge in [-0.1, -0.05) is 6.07 Å². The Morgan fingerprint density at radius 1 is 1.31 bits per heavy atom. The lowest BCUT2D eigenvalue weighted by Crippen LogP contribution is -2.45. The van der Waals surface area contributed by atoms with E-state index in [0.29, 0.717) is 33.6 Å². The van der Waals surface area contributed by atoms with Crippen LogP contribution < -0.4 is 10.9 Å². The first kappa shape index (κ1) is 20.6. The lowest BCUT2D eigenvalue weighted by atomic mass is 10.0. The summed E-state index contributed by atoms with van der Waals surface area (Å²) in [7, 11) is 0. The van der Waals surface area contributed by atoms with Crippen molar-refractivity contribution in [3.05, 3.63) is 51.9 Å². The molecule has 32 heavy (non-hydrogen) atoms. The normalized spacial score (nSPS) is 21.3. The monoisotopic (exact) mass is 443 g/mol. The van der Waals surface area contributed by atoms with Crippen LogP contribution in [-0.2, 0) is 12.8 Å². The van der Waals surface area contributed by atoms with Crippen LogP contribution in [0.4, 0.5) is 24.7 Å².